The molecule has 0 amide bonds. The van der Waals surface area contributed by atoms with Crippen LogP contribution in [0, 0.1) is 0 Å². The molecule has 0 atom stereocenters. The van der Waals surface area contributed by atoms with Gasteiger partial charge in [-0.2, -0.15) is 5.10 Å². The molecule has 0 spiro atoms. The predicted octanol–water partition coefficient (Wildman–Crippen LogP) is 1.66. The summed E-state index contributed by atoms with van der Waals surface area (Å²) in [6, 6.07) is 7.08. The Kier molecular flexibility index (Phi) is 2.72. The van der Waals surface area contributed by atoms with E-state index in [1.165, 1.54) is 0 Å². The van der Waals surface area contributed by atoms with E-state index in [2.05, 4.69) is 5.10 Å². The fourth-order valence-electron chi connectivity index (χ4n) is 1.47. The Morgan fingerprint density at radius 2 is 2.19 bits per heavy atom. The van der Waals surface area contributed by atoms with Crippen molar-refractivity contribution in [1.29, 1.82) is 0 Å². The van der Waals surface area contributed by atoms with Gasteiger partial charge in [-0.1, -0.05) is 12.1 Å². The van der Waals surface area contributed by atoms with Gasteiger partial charge in [-0.05, 0) is 12.1 Å². The third-order valence-corrected chi connectivity index (χ3v) is 2.30. The third-order valence-electron chi connectivity index (χ3n) is 2.30. The maximum Gasteiger partial charge on any atom is 0.196 e. The number of ketones is 1. The minimum absolute atomic E-state index is 0.0491. The van der Waals surface area contributed by atoms with E-state index in [0.717, 1.165) is 0 Å². The zero-order valence-electron chi connectivity index (χ0n) is 9.18. The van der Waals surface area contributed by atoms with E-state index < -0.39 is 0 Å². The minimum Gasteiger partial charge on any atom is -0.497 e. The molecule has 1 heterocycles. The topological polar surface area (TPSA) is 44.1 Å². The number of carbonyl (C=O) groups is 1. The molecular weight excluding hydrogens is 204 g/mol. The van der Waals surface area contributed by atoms with Crippen molar-refractivity contribution in [3.05, 3.63) is 47.8 Å². The van der Waals surface area contributed by atoms with Crippen molar-refractivity contribution in [1.82, 2.24) is 9.78 Å². The van der Waals surface area contributed by atoms with Gasteiger partial charge in [0.2, 0.25) is 0 Å². The van der Waals surface area contributed by atoms with Gasteiger partial charge in [-0.3, -0.25) is 9.48 Å². The molecule has 1 aromatic carbocycles. The fourth-order valence-corrected chi connectivity index (χ4v) is 1.47. The molecule has 0 saturated heterocycles. The van der Waals surface area contributed by atoms with Crippen LogP contribution >= 0.6 is 0 Å². The summed E-state index contributed by atoms with van der Waals surface area (Å²) < 4.78 is 6.68. The van der Waals surface area contributed by atoms with Crippen LogP contribution in [0.2, 0.25) is 0 Å². The van der Waals surface area contributed by atoms with Crippen LogP contribution < -0.4 is 4.74 Å². The lowest BCUT2D eigenvalue weighted by Crippen LogP contribution is -2.00. The van der Waals surface area contributed by atoms with E-state index >= 15 is 0 Å². The Labute approximate surface area is 93.5 Å². The lowest BCUT2D eigenvalue weighted by molar-refractivity contribution is 0.103. The number of methoxy groups -OCH3 is 1. The summed E-state index contributed by atoms with van der Waals surface area (Å²) in [6.07, 6.45) is 3.25. The van der Waals surface area contributed by atoms with Crippen molar-refractivity contribution in [3.8, 4) is 5.75 Å². The average molecular weight is 216 g/mol. The molecule has 4 nitrogen and oxygen atoms in total. The first kappa shape index (κ1) is 10.4. The van der Waals surface area contributed by atoms with Crippen molar-refractivity contribution in [2.45, 2.75) is 0 Å². The van der Waals surface area contributed by atoms with Crippen LogP contribution in [0.15, 0.2) is 36.7 Å². The largest absolute Gasteiger partial charge is 0.497 e. The first-order chi connectivity index (χ1) is 7.70. The summed E-state index contributed by atoms with van der Waals surface area (Å²) in [5, 5.41) is 3.97. The predicted molar refractivity (Wildman–Crippen MR) is 59.6 cm³/mol. The highest BCUT2D eigenvalue weighted by Crippen LogP contribution is 2.15. The molecule has 0 fully saturated rings. The molecule has 82 valence electrons. The second kappa shape index (κ2) is 4.18. The Bertz CT molecular complexity index is 517. The van der Waals surface area contributed by atoms with Gasteiger partial charge in [0.05, 0.1) is 18.9 Å². The molecule has 4 heteroatoms. The van der Waals surface area contributed by atoms with Gasteiger partial charge in [-0.25, -0.2) is 0 Å². The summed E-state index contributed by atoms with van der Waals surface area (Å²) >= 11 is 0. The average Bonchev–Trinajstić information content (AvgIpc) is 2.75. The quantitative estimate of drug-likeness (QED) is 0.733. The van der Waals surface area contributed by atoms with E-state index in [-0.39, 0.29) is 5.78 Å². The van der Waals surface area contributed by atoms with Crippen LogP contribution in [-0.4, -0.2) is 22.7 Å². The van der Waals surface area contributed by atoms with Gasteiger partial charge < -0.3 is 4.74 Å². The highest BCUT2D eigenvalue weighted by atomic mass is 16.5. The van der Waals surface area contributed by atoms with Crippen LogP contribution in [-0.2, 0) is 7.05 Å². The fraction of sp³-hybridized carbons (Fsp3) is 0.167. The third kappa shape index (κ3) is 1.95. The first-order valence-corrected chi connectivity index (χ1v) is 4.88. The number of nitrogens with zero attached hydrogens (tertiary/aromatic N) is 2. The number of aromatic nitrogens is 2. The number of hydrogen-bond donors (Lipinski definition) is 0. The molecular formula is C12H12N2O2. The molecule has 0 aliphatic carbocycles. The van der Waals surface area contributed by atoms with Crippen molar-refractivity contribution >= 4 is 5.78 Å². The van der Waals surface area contributed by atoms with E-state index in [0.29, 0.717) is 16.9 Å². The highest BCUT2D eigenvalue weighted by Gasteiger charge is 2.11. The smallest absolute Gasteiger partial charge is 0.196 e. The molecule has 0 bridgehead atoms. The van der Waals surface area contributed by atoms with Gasteiger partial charge in [0.1, 0.15) is 5.75 Å². The molecule has 0 aliphatic heterocycles. The van der Waals surface area contributed by atoms with E-state index in [1.807, 2.05) is 0 Å². The highest BCUT2D eigenvalue weighted by molar-refractivity contribution is 6.08. The summed E-state index contributed by atoms with van der Waals surface area (Å²) in [7, 11) is 3.36. The maximum absolute atomic E-state index is 12.0. The van der Waals surface area contributed by atoms with Crippen molar-refractivity contribution in [2.24, 2.45) is 7.05 Å². The van der Waals surface area contributed by atoms with Crippen molar-refractivity contribution in [3.63, 3.8) is 0 Å². The number of hydrogen-bond acceptors (Lipinski definition) is 3. The number of ether oxygens (including phenoxy) is 1. The van der Waals surface area contributed by atoms with Crippen LogP contribution in [0.4, 0.5) is 0 Å². The lowest BCUT2D eigenvalue weighted by Gasteiger charge is -2.01. The molecule has 0 unspecified atom stereocenters. The van der Waals surface area contributed by atoms with Crippen LogP contribution in [0.1, 0.15) is 15.9 Å². The first-order valence-electron chi connectivity index (χ1n) is 4.88. The second-order valence-electron chi connectivity index (χ2n) is 3.46. The standard InChI is InChI=1S/C12H12N2O2/c1-14-8-10(7-13-14)12(15)9-4-3-5-11(6-9)16-2/h3-8H,1-2H3. The molecule has 0 radical (unpaired) electrons. The van der Waals surface area contributed by atoms with E-state index in [1.54, 1.807) is 55.5 Å². The maximum atomic E-state index is 12.0. The molecule has 0 aliphatic rings. The zero-order chi connectivity index (χ0) is 11.5. The molecule has 0 saturated carbocycles. The summed E-state index contributed by atoms with van der Waals surface area (Å²) in [4.78, 5) is 12.0. The molecule has 2 rings (SSSR count). The Morgan fingerprint density at radius 3 is 2.81 bits per heavy atom. The van der Waals surface area contributed by atoms with Crippen molar-refractivity contribution < 1.29 is 9.53 Å². The monoisotopic (exact) mass is 216 g/mol. The molecule has 16 heavy (non-hydrogen) atoms. The number of aryl methyl sites for hydroxylation is 1. The minimum atomic E-state index is -0.0491. The van der Waals surface area contributed by atoms with Gasteiger partial charge >= 0.3 is 0 Å². The normalized spacial score (nSPS) is 10.1. The SMILES string of the molecule is COc1cccc(C(=O)c2cnn(C)c2)c1. The van der Waals surface area contributed by atoms with Gasteiger partial charge in [0, 0.05) is 18.8 Å². The summed E-state index contributed by atoms with van der Waals surface area (Å²) in [6.45, 7) is 0. The van der Waals surface area contributed by atoms with E-state index in [9.17, 15) is 4.79 Å². The summed E-state index contributed by atoms with van der Waals surface area (Å²) in [5.41, 5.74) is 1.18. The second-order valence-corrected chi connectivity index (χ2v) is 3.46. The zero-order valence-corrected chi connectivity index (χ0v) is 9.18. The summed E-state index contributed by atoms with van der Waals surface area (Å²) in [5.74, 6) is 0.627. The van der Waals surface area contributed by atoms with Gasteiger partial charge in [-0.15, -0.1) is 0 Å². The Morgan fingerprint density at radius 1 is 1.38 bits per heavy atom. The van der Waals surface area contributed by atoms with Gasteiger partial charge in [0.25, 0.3) is 0 Å². The number of carbonyl (C=O) groups excluding carboxylic acids is 1. The van der Waals surface area contributed by atoms with Crippen LogP contribution in [0.5, 0.6) is 5.75 Å². The molecule has 2 aromatic rings. The lowest BCUT2D eigenvalue weighted by atomic mass is 10.1. The van der Waals surface area contributed by atoms with Crippen LogP contribution in [0.25, 0.3) is 0 Å². The molecule has 1 aromatic heterocycles. The van der Waals surface area contributed by atoms with Crippen LogP contribution in [0.3, 0.4) is 0 Å². The number of rotatable bonds is 3. The van der Waals surface area contributed by atoms with E-state index in [4.69, 9.17) is 4.74 Å². The molecule has 0 N–H and O–H groups in total. The Balaban J connectivity index is 2.33. The van der Waals surface area contributed by atoms with Gasteiger partial charge in [0.15, 0.2) is 5.78 Å². The van der Waals surface area contributed by atoms with Crippen molar-refractivity contribution in [2.75, 3.05) is 7.11 Å². The number of benzene rings is 1. The Hall–Kier alpha value is -2.10.